The van der Waals surface area contributed by atoms with Gasteiger partial charge in [0.25, 0.3) is 5.91 Å². The number of phenolic OH excluding ortho intramolecular Hbond substituents is 1. The topological polar surface area (TPSA) is 86.6 Å². The minimum atomic E-state index is -1.13. The monoisotopic (exact) mass is 333 g/mol. The zero-order valence-electron chi connectivity index (χ0n) is 13.1. The number of benzene rings is 3. The molecule has 0 fully saturated rings. The predicted molar refractivity (Wildman–Crippen MR) is 94.9 cm³/mol. The first-order chi connectivity index (χ1) is 12.0. The van der Waals surface area contributed by atoms with E-state index in [1.54, 1.807) is 66.7 Å². The second-order valence-corrected chi connectivity index (χ2v) is 5.44. The SMILES string of the molecule is O=C(Nc1cc(-c2cccc(O)c2)ccc1C(=O)O)c1ccccc1. The molecule has 0 aromatic heterocycles. The maximum atomic E-state index is 12.3. The molecule has 0 spiro atoms. The van der Waals surface area contributed by atoms with E-state index in [-0.39, 0.29) is 17.0 Å². The van der Waals surface area contributed by atoms with Gasteiger partial charge in [0, 0.05) is 5.56 Å². The number of phenols is 1. The molecule has 5 heteroatoms. The van der Waals surface area contributed by atoms with E-state index in [2.05, 4.69) is 5.32 Å². The normalized spacial score (nSPS) is 10.2. The van der Waals surface area contributed by atoms with Gasteiger partial charge in [0.05, 0.1) is 11.3 Å². The quantitative estimate of drug-likeness (QED) is 0.673. The van der Waals surface area contributed by atoms with Gasteiger partial charge in [-0.05, 0) is 47.5 Å². The summed E-state index contributed by atoms with van der Waals surface area (Å²) in [4.78, 5) is 23.8. The third-order valence-electron chi connectivity index (χ3n) is 3.71. The summed E-state index contributed by atoms with van der Waals surface area (Å²) in [5, 5.41) is 21.6. The molecule has 3 rings (SSSR count). The van der Waals surface area contributed by atoms with Crippen molar-refractivity contribution in [3.63, 3.8) is 0 Å². The van der Waals surface area contributed by atoms with Gasteiger partial charge in [-0.3, -0.25) is 4.79 Å². The molecule has 1 amide bonds. The van der Waals surface area contributed by atoms with Gasteiger partial charge in [-0.2, -0.15) is 0 Å². The van der Waals surface area contributed by atoms with Crippen LogP contribution in [0.1, 0.15) is 20.7 Å². The van der Waals surface area contributed by atoms with Crippen LogP contribution in [0, 0.1) is 0 Å². The van der Waals surface area contributed by atoms with Crippen LogP contribution in [0.15, 0.2) is 72.8 Å². The van der Waals surface area contributed by atoms with Crippen molar-refractivity contribution in [1.82, 2.24) is 0 Å². The minimum Gasteiger partial charge on any atom is -0.508 e. The van der Waals surface area contributed by atoms with E-state index in [1.807, 2.05) is 0 Å². The number of carboxylic acid groups (broad SMARTS) is 1. The molecule has 0 aliphatic carbocycles. The fourth-order valence-electron chi connectivity index (χ4n) is 2.48. The molecule has 3 aromatic rings. The van der Waals surface area contributed by atoms with Crippen LogP contribution in [0.2, 0.25) is 0 Å². The van der Waals surface area contributed by atoms with Crippen molar-refractivity contribution in [2.75, 3.05) is 5.32 Å². The molecule has 0 radical (unpaired) electrons. The zero-order valence-corrected chi connectivity index (χ0v) is 13.1. The molecule has 0 aliphatic rings. The number of hydrogen-bond acceptors (Lipinski definition) is 3. The largest absolute Gasteiger partial charge is 0.508 e. The molecule has 5 nitrogen and oxygen atoms in total. The molecule has 0 bridgehead atoms. The number of amides is 1. The molecule has 3 aromatic carbocycles. The lowest BCUT2D eigenvalue weighted by Crippen LogP contribution is -2.14. The van der Waals surface area contributed by atoms with Gasteiger partial charge in [-0.25, -0.2) is 4.79 Å². The Kier molecular flexibility index (Phi) is 4.48. The summed E-state index contributed by atoms with van der Waals surface area (Å²) in [6.45, 7) is 0. The molecule has 0 aliphatic heterocycles. The Labute approximate surface area is 144 Å². The van der Waals surface area contributed by atoms with E-state index in [1.165, 1.54) is 6.07 Å². The van der Waals surface area contributed by atoms with E-state index >= 15 is 0 Å². The Bertz CT molecular complexity index is 935. The lowest BCUT2D eigenvalue weighted by molar-refractivity contribution is 0.0698. The maximum Gasteiger partial charge on any atom is 0.337 e. The van der Waals surface area contributed by atoms with Crippen LogP contribution in [0.3, 0.4) is 0 Å². The van der Waals surface area contributed by atoms with Crippen LogP contribution in [-0.2, 0) is 0 Å². The number of hydrogen-bond donors (Lipinski definition) is 3. The standard InChI is InChI=1S/C20H15NO4/c22-16-8-4-7-14(11-16)15-9-10-17(20(24)25)18(12-15)21-19(23)13-5-2-1-3-6-13/h1-12,22H,(H,21,23)(H,24,25). The predicted octanol–water partition coefficient (Wildman–Crippen LogP) is 4.01. The molecule has 124 valence electrons. The van der Waals surface area contributed by atoms with Crippen molar-refractivity contribution in [2.45, 2.75) is 0 Å². The minimum absolute atomic E-state index is 0.00631. The Morgan fingerprint density at radius 3 is 2.20 bits per heavy atom. The van der Waals surface area contributed by atoms with Gasteiger partial charge in [0.2, 0.25) is 0 Å². The number of nitrogens with one attached hydrogen (secondary N) is 1. The van der Waals surface area contributed by atoms with Crippen LogP contribution < -0.4 is 5.32 Å². The number of anilines is 1. The lowest BCUT2D eigenvalue weighted by atomic mass is 10.0. The van der Waals surface area contributed by atoms with Gasteiger partial charge in [0.1, 0.15) is 5.75 Å². The van der Waals surface area contributed by atoms with Gasteiger partial charge in [-0.15, -0.1) is 0 Å². The summed E-state index contributed by atoms with van der Waals surface area (Å²) >= 11 is 0. The number of carboxylic acids is 1. The Morgan fingerprint density at radius 2 is 1.52 bits per heavy atom. The van der Waals surface area contributed by atoms with E-state index in [0.29, 0.717) is 16.7 Å². The molecule has 0 atom stereocenters. The average Bonchev–Trinajstić information content (AvgIpc) is 2.62. The van der Waals surface area contributed by atoms with Crippen molar-refractivity contribution in [2.24, 2.45) is 0 Å². The van der Waals surface area contributed by atoms with Gasteiger partial charge < -0.3 is 15.5 Å². The Hall–Kier alpha value is -3.60. The maximum absolute atomic E-state index is 12.3. The average molecular weight is 333 g/mol. The highest BCUT2D eigenvalue weighted by Gasteiger charge is 2.15. The fourth-order valence-corrected chi connectivity index (χ4v) is 2.48. The van der Waals surface area contributed by atoms with E-state index < -0.39 is 11.9 Å². The third-order valence-corrected chi connectivity index (χ3v) is 3.71. The second-order valence-electron chi connectivity index (χ2n) is 5.44. The number of aromatic hydroxyl groups is 1. The molecule has 3 N–H and O–H groups in total. The number of carbonyl (C=O) groups is 2. The smallest absolute Gasteiger partial charge is 0.337 e. The molecule has 25 heavy (non-hydrogen) atoms. The van der Waals surface area contributed by atoms with E-state index in [0.717, 1.165) is 0 Å². The molecule has 0 saturated heterocycles. The van der Waals surface area contributed by atoms with Crippen molar-refractivity contribution in [3.05, 3.63) is 83.9 Å². The fraction of sp³-hybridized carbons (Fsp3) is 0. The third kappa shape index (κ3) is 3.67. The highest BCUT2D eigenvalue weighted by molar-refractivity contribution is 6.08. The molecular weight excluding hydrogens is 318 g/mol. The van der Waals surface area contributed by atoms with Crippen molar-refractivity contribution in [3.8, 4) is 16.9 Å². The van der Waals surface area contributed by atoms with Crippen molar-refractivity contribution in [1.29, 1.82) is 0 Å². The van der Waals surface area contributed by atoms with Crippen molar-refractivity contribution >= 4 is 17.6 Å². The summed E-state index contributed by atoms with van der Waals surface area (Å²) in [5.41, 5.74) is 2.02. The number of carbonyl (C=O) groups excluding carboxylic acids is 1. The summed E-state index contributed by atoms with van der Waals surface area (Å²) in [7, 11) is 0. The van der Waals surface area contributed by atoms with E-state index in [4.69, 9.17) is 0 Å². The highest BCUT2D eigenvalue weighted by Crippen LogP contribution is 2.28. The number of aromatic carboxylic acids is 1. The lowest BCUT2D eigenvalue weighted by Gasteiger charge is -2.11. The Balaban J connectivity index is 2.00. The van der Waals surface area contributed by atoms with Gasteiger partial charge in [-0.1, -0.05) is 36.4 Å². The van der Waals surface area contributed by atoms with Crippen LogP contribution in [0.25, 0.3) is 11.1 Å². The molecule has 0 heterocycles. The first kappa shape index (κ1) is 16.3. The number of rotatable bonds is 4. The van der Waals surface area contributed by atoms with Crippen molar-refractivity contribution < 1.29 is 19.8 Å². The van der Waals surface area contributed by atoms with Crippen LogP contribution in [0.4, 0.5) is 5.69 Å². The van der Waals surface area contributed by atoms with Gasteiger partial charge >= 0.3 is 5.97 Å². The van der Waals surface area contributed by atoms with Crippen LogP contribution in [-0.4, -0.2) is 22.1 Å². The summed E-state index contributed by atoms with van der Waals surface area (Å²) in [6, 6.07) is 19.8. The molecule has 0 unspecified atom stereocenters. The highest BCUT2D eigenvalue weighted by atomic mass is 16.4. The second kappa shape index (κ2) is 6.88. The van der Waals surface area contributed by atoms with E-state index in [9.17, 15) is 19.8 Å². The van der Waals surface area contributed by atoms with Crippen LogP contribution in [0.5, 0.6) is 5.75 Å². The summed E-state index contributed by atoms with van der Waals surface area (Å²) in [5.74, 6) is -1.42. The molecular formula is C20H15NO4. The summed E-state index contributed by atoms with van der Waals surface area (Å²) < 4.78 is 0. The molecule has 0 saturated carbocycles. The zero-order chi connectivity index (χ0) is 17.8. The van der Waals surface area contributed by atoms with Gasteiger partial charge in [0.15, 0.2) is 0 Å². The first-order valence-corrected chi connectivity index (χ1v) is 7.58. The Morgan fingerprint density at radius 1 is 0.800 bits per heavy atom. The summed E-state index contributed by atoms with van der Waals surface area (Å²) in [6.07, 6.45) is 0. The first-order valence-electron chi connectivity index (χ1n) is 7.58. The van der Waals surface area contributed by atoms with Crippen LogP contribution >= 0.6 is 0 Å².